The summed E-state index contributed by atoms with van der Waals surface area (Å²) >= 11 is 4.69. The van der Waals surface area contributed by atoms with Gasteiger partial charge >= 0.3 is 0 Å². The minimum Gasteiger partial charge on any atom is -0.293 e. The van der Waals surface area contributed by atoms with Crippen molar-refractivity contribution in [2.75, 3.05) is 5.75 Å². The van der Waals surface area contributed by atoms with E-state index >= 15 is 0 Å². The van der Waals surface area contributed by atoms with Crippen LogP contribution < -0.4 is 0 Å². The van der Waals surface area contributed by atoms with Crippen molar-refractivity contribution in [3.63, 3.8) is 0 Å². The van der Waals surface area contributed by atoms with Crippen LogP contribution in [0.1, 0.15) is 10.4 Å². The average Bonchev–Trinajstić information content (AvgIpc) is 2.37. The summed E-state index contributed by atoms with van der Waals surface area (Å²) in [5.74, 6) is -0.277. The number of thioether (sulfide) groups is 1. The molecule has 0 saturated heterocycles. The first-order valence-electron chi connectivity index (χ1n) is 5.19. The van der Waals surface area contributed by atoms with E-state index in [4.69, 9.17) is 0 Å². The third-order valence-electron chi connectivity index (χ3n) is 2.21. The quantitative estimate of drug-likeness (QED) is 0.629. The molecule has 2 nitrogen and oxygen atoms in total. The summed E-state index contributed by atoms with van der Waals surface area (Å²) in [6.45, 7) is 0. The maximum Gasteiger partial charge on any atom is 0.173 e. The highest BCUT2D eigenvalue weighted by molar-refractivity contribution is 9.10. The molecule has 1 heterocycles. The first-order valence-corrected chi connectivity index (χ1v) is 6.97. The Morgan fingerprint density at radius 2 is 2.17 bits per heavy atom. The van der Waals surface area contributed by atoms with Crippen molar-refractivity contribution in [2.45, 2.75) is 5.03 Å². The summed E-state index contributed by atoms with van der Waals surface area (Å²) in [7, 11) is 0. The Kier molecular flexibility index (Phi) is 4.49. The lowest BCUT2D eigenvalue weighted by atomic mass is 10.1. The number of benzene rings is 1. The molecule has 0 bridgehead atoms. The number of rotatable bonds is 4. The lowest BCUT2D eigenvalue weighted by Gasteiger charge is -2.03. The molecule has 0 saturated carbocycles. The largest absolute Gasteiger partial charge is 0.293 e. The number of aromatic nitrogens is 1. The van der Waals surface area contributed by atoms with Crippen molar-refractivity contribution in [1.29, 1.82) is 0 Å². The monoisotopic (exact) mass is 325 g/mol. The van der Waals surface area contributed by atoms with E-state index in [0.717, 1.165) is 9.50 Å². The molecule has 2 aromatic rings. The van der Waals surface area contributed by atoms with Crippen LogP contribution >= 0.6 is 27.7 Å². The predicted octanol–water partition coefficient (Wildman–Crippen LogP) is 3.96. The van der Waals surface area contributed by atoms with E-state index in [-0.39, 0.29) is 11.5 Å². The highest BCUT2D eigenvalue weighted by Gasteiger charge is 2.09. The summed E-state index contributed by atoms with van der Waals surface area (Å²) in [6.07, 6.45) is 1.67. The maximum atomic E-state index is 13.0. The molecule has 1 aromatic heterocycles. The fourth-order valence-corrected chi connectivity index (χ4v) is 2.73. The van der Waals surface area contributed by atoms with Crippen LogP contribution in [-0.4, -0.2) is 16.5 Å². The second-order valence-corrected chi connectivity index (χ2v) is 5.33. The normalized spacial score (nSPS) is 10.3. The number of pyridine rings is 1. The van der Waals surface area contributed by atoms with Crippen molar-refractivity contribution >= 4 is 33.5 Å². The Bertz CT molecular complexity index is 576. The van der Waals surface area contributed by atoms with Crippen molar-refractivity contribution in [1.82, 2.24) is 4.98 Å². The van der Waals surface area contributed by atoms with Crippen LogP contribution in [0.2, 0.25) is 0 Å². The minimum atomic E-state index is -0.398. The second kappa shape index (κ2) is 6.11. The Labute approximate surface area is 117 Å². The number of Topliss-reactive ketones (excluding diaryl/α,β-unsaturated/α-hetero) is 1. The molecule has 5 heteroatoms. The van der Waals surface area contributed by atoms with Crippen LogP contribution in [0.15, 0.2) is 52.1 Å². The lowest BCUT2D eigenvalue weighted by Crippen LogP contribution is -2.03. The number of halogens is 2. The van der Waals surface area contributed by atoms with E-state index in [1.165, 1.54) is 30.0 Å². The zero-order chi connectivity index (χ0) is 13.0. The van der Waals surface area contributed by atoms with Crippen molar-refractivity contribution in [3.05, 3.63) is 58.4 Å². The van der Waals surface area contributed by atoms with E-state index in [0.29, 0.717) is 5.56 Å². The van der Waals surface area contributed by atoms with Gasteiger partial charge in [-0.1, -0.05) is 23.9 Å². The number of carbonyl (C=O) groups is 1. The minimum absolute atomic E-state index is 0.114. The highest BCUT2D eigenvalue weighted by Crippen LogP contribution is 2.25. The Balaban J connectivity index is 2.03. The van der Waals surface area contributed by atoms with Crippen LogP contribution in [0.3, 0.4) is 0 Å². The molecule has 0 atom stereocenters. The molecule has 18 heavy (non-hydrogen) atoms. The van der Waals surface area contributed by atoms with Gasteiger partial charge in [0, 0.05) is 16.2 Å². The molecule has 0 spiro atoms. The fourth-order valence-electron chi connectivity index (χ4n) is 1.36. The first-order chi connectivity index (χ1) is 8.66. The van der Waals surface area contributed by atoms with Crippen LogP contribution in [0, 0.1) is 5.82 Å². The van der Waals surface area contributed by atoms with Crippen molar-refractivity contribution in [2.24, 2.45) is 0 Å². The maximum absolute atomic E-state index is 13.0. The van der Waals surface area contributed by atoms with Crippen LogP contribution in [0.5, 0.6) is 0 Å². The van der Waals surface area contributed by atoms with E-state index in [9.17, 15) is 9.18 Å². The third-order valence-corrected chi connectivity index (χ3v) is 4.12. The topological polar surface area (TPSA) is 30.0 Å². The number of hydrogen-bond donors (Lipinski definition) is 0. The van der Waals surface area contributed by atoms with Crippen molar-refractivity contribution < 1.29 is 9.18 Å². The summed E-state index contributed by atoms with van der Waals surface area (Å²) in [6, 6.07) is 9.38. The molecule has 0 aliphatic rings. The molecule has 0 aliphatic heterocycles. The molecule has 2 rings (SSSR count). The summed E-state index contributed by atoms with van der Waals surface area (Å²) in [5.41, 5.74) is 0.384. The molecule has 0 radical (unpaired) electrons. The molecule has 0 aliphatic carbocycles. The second-order valence-electron chi connectivity index (χ2n) is 3.51. The van der Waals surface area contributed by atoms with Crippen LogP contribution in [-0.2, 0) is 0 Å². The number of hydrogen-bond acceptors (Lipinski definition) is 3. The van der Waals surface area contributed by atoms with E-state index in [1.807, 2.05) is 12.1 Å². The van der Waals surface area contributed by atoms with E-state index < -0.39 is 5.82 Å². The van der Waals surface area contributed by atoms with Gasteiger partial charge in [0.05, 0.1) is 5.75 Å². The molecule has 0 amide bonds. The number of ketones is 1. The highest BCUT2D eigenvalue weighted by atomic mass is 79.9. The van der Waals surface area contributed by atoms with Gasteiger partial charge in [0.15, 0.2) is 5.78 Å². The molecule has 0 N–H and O–H groups in total. The molecule has 92 valence electrons. The smallest absolute Gasteiger partial charge is 0.173 e. The average molecular weight is 326 g/mol. The van der Waals surface area contributed by atoms with E-state index in [1.54, 1.807) is 12.3 Å². The molecule has 1 aromatic carbocycles. The van der Waals surface area contributed by atoms with Gasteiger partial charge in [-0.05, 0) is 40.2 Å². The van der Waals surface area contributed by atoms with Gasteiger partial charge in [0.1, 0.15) is 10.8 Å². The fraction of sp³-hybridized carbons (Fsp3) is 0.0769. The number of carbonyl (C=O) groups excluding carboxylic acids is 1. The first kappa shape index (κ1) is 13.2. The predicted molar refractivity (Wildman–Crippen MR) is 73.4 cm³/mol. The molecular weight excluding hydrogens is 317 g/mol. The molecule has 0 unspecified atom stereocenters. The zero-order valence-electron chi connectivity index (χ0n) is 9.27. The lowest BCUT2D eigenvalue weighted by molar-refractivity contribution is 0.102. The van der Waals surface area contributed by atoms with Gasteiger partial charge in [0.25, 0.3) is 0 Å². The molecular formula is C13H9BrFNOS. The zero-order valence-corrected chi connectivity index (χ0v) is 11.7. The summed E-state index contributed by atoms with van der Waals surface area (Å²) < 4.78 is 13.8. The van der Waals surface area contributed by atoms with Gasteiger partial charge in [-0.2, -0.15) is 0 Å². The Morgan fingerprint density at radius 3 is 2.89 bits per heavy atom. The summed E-state index contributed by atoms with van der Waals surface area (Å²) in [4.78, 5) is 16.0. The van der Waals surface area contributed by atoms with E-state index in [2.05, 4.69) is 20.9 Å². The van der Waals surface area contributed by atoms with Gasteiger partial charge in [-0.3, -0.25) is 4.79 Å². The number of nitrogens with zero attached hydrogens (tertiary/aromatic N) is 1. The van der Waals surface area contributed by atoms with Crippen LogP contribution in [0.25, 0.3) is 0 Å². The SMILES string of the molecule is O=C(CSc1ncccc1Br)c1cccc(F)c1. The van der Waals surface area contributed by atoms with Crippen molar-refractivity contribution in [3.8, 4) is 0 Å². The third kappa shape index (κ3) is 3.40. The van der Waals surface area contributed by atoms with Gasteiger partial charge in [-0.15, -0.1) is 0 Å². The Morgan fingerprint density at radius 1 is 1.33 bits per heavy atom. The summed E-state index contributed by atoms with van der Waals surface area (Å²) in [5, 5.41) is 0.752. The molecule has 0 fully saturated rings. The standard InChI is InChI=1S/C13H9BrFNOS/c14-11-5-2-6-16-13(11)18-8-12(17)9-3-1-4-10(15)7-9/h1-7H,8H2. The van der Waals surface area contributed by atoms with Crippen LogP contribution in [0.4, 0.5) is 4.39 Å². The van der Waals surface area contributed by atoms with Gasteiger partial charge in [0.2, 0.25) is 0 Å². The van der Waals surface area contributed by atoms with Gasteiger partial charge in [-0.25, -0.2) is 9.37 Å². The Hall–Kier alpha value is -1.20. The van der Waals surface area contributed by atoms with Gasteiger partial charge < -0.3 is 0 Å².